The maximum Gasteiger partial charge on any atom is 0.317 e. The van der Waals surface area contributed by atoms with Crippen molar-refractivity contribution in [2.45, 2.75) is 43.6 Å². The summed E-state index contributed by atoms with van der Waals surface area (Å²) in [5.41, 5.74) is -0.539. The molecule has 1 aromatic rings. The van der Waals surface area contributed by atoms with Crippen LogP contribution in [-0.4, -0.2) is 34.5 Å². The third-order valence-corrected chi connectivity index (χ3v) is 3.50. The fourth-order valence-corrected chi connectivity index (χ4v) is 2.13. The monoisotopic (exact) mass is 223 g/mol. The second-order valence-electron chi connectivity index (χ2n) is 5.13. The van der Waals surface area contributed by atoms with E-state index in [4.69, 9.17) is 4.42 Å². The fraction of sp³-hybridized carbons (Fsp3) is 0.818. The molecule has 0 radical (unpaired) electrons. The highest BCUT2D eigenvalue weighted by molar-refractivity contribution is 5.25. The van der Waals surface area contributed by atoms with Crippen LogP contribution in [0.1, 0.15) is 43.9 Å². The van der Waals surface area contributed by atoms with Crippen LogP contribution < -0.4 is 4.90 Å². The second-order valence-corrected chi connectivity index (χ2v) is 5.13. The van der Waals surface area contributed by atoms with Gasteiger partial charge >= 0.3 is 6.01 Å². The summed E-state index contributed by atoms with van der Waals surface area (Å²) in [5.74, 6) is 1.24. The van der Waals surface area contributed by atoms with Gasteiger partial charge in [-0.1, -0.05) is 5.10 Å². The van der Waals surface area contributed by atoms with Gasteiger partial charge in [-0.3, -0.25) is 0 Å². The smallest absolute Gasteiger partial charge is 0.317 e. The Morgan fingerprint density at radius 2 is 2.19 bits per heavy atom. The predicted octanol–water partition coefficient (Wildman–Crippen LogP) is 1.30. The van der Waals surface area contributed by atoms with Crippen molar-refractivity contribution in [3.8, 4) is 0 Å². The van der Waals surface area contributed by atoms with Crippen molar-refractivity contribution in [3.63, 3.8) is 0 Å². The van der Waals surface area contributed by atoms with E-state index < -0.39 is 5.60 Å². The number of rotatable bonds is 4. The number of aliphatic hydroxyl groups is 1. The number of anilines is 1. The van der Waals surface area contributed by atoms with Gasteiger partial charge in [0.05, 0.1) is 12.1 Å². The van der Waals surface area contributed by atoms with Crippen LogP contribution in [0.5, 0.6) is 0 Å². The number of hydrogen-bond donors (Lipinski definition) is 1. The molecular formula is C11H17N3O2. The van der Waals surface area contributed by atoms with Gasteiger partial charge in [0.15, 0.2) is 0 Å². The quantitative estimate of drug-likeness (QED) is 0.833. The Morgan fingerprint density at radius 1 is 1.44 bits per heavy atom. The van der Waals surface area contributed by atoms with Crippen LogP contribution in [0.4, 0.5) is 6.01 Å². The second kappa shape index (κ2) is 3.45. The Hall–Kier alpha value is -1.10. The molecule has 5 heteroatoms. The minimum atomic E-state index is -0.539. The summed E-state index contributed by atoms with van der Waals surface area (Å²) in [7, 11) is 1.89. The summed E-state index contributed by atoms with van der Waals surface area (Å²) in [6, 6.07) is 0.530. The first-order valence-corrected chi connectivity index (χ1v) is 5.93. The van der Waals surface area contributed by atoms with Gasteiger partial charge in [-0.05, 0) is 32.1 Å². The van der Waals surface area contributed by atoms with Gasteiger partial charge < -0.3 is 14.4 Å². The third kappa shape index (κ3) is 1.80. The molecule has 5 nitrogen and oxygen atoms in total. The van der Waals surface area contributed by atoms with Crippen molar-refractivity contribution in [3.05, 3.63) is 5.89 Å². The molecule has 0 unspecified atom stereocenters. The zero-order valence-electron chi connectivity index (χ0n) is 9.52. The SMILES string of the molecule is CN(CC1(O)CCC1)c1nnc(C2CC2)o1. The number of likely N-dealkylation sites (N-methyl/N-ethyl adjacent to an activating group) is 1. The molecule has 1 heterocycles. The van der Waals surface area contributed by atoms with Gasteiger partial charge in [0.1, 0.15) is 0 Å². The Labute approximate surface area is 94.5 Å². The van der Waals surface area contributed by atoms with E-state index in [-0.39, 0.29) is 0 Å². The molecule has 3 rings (SSSR count). The highest BCUT2D eigenvalue weighted by Crippen LogP contribution is 2.40. The van der Waals surface area contributed by atoms with E-state index in [2.05, 4.69) is 10.2 Å². The molecule has 0 spiro atoms. The molecule has 0 aromatic carbocycles. The molecule has 2 fully saturated rings. The number of nitrogens with zero attached hydrogens (tertiary/aromatic N) is 3. The zero-order valence-corrected chi connectivity index (χ0v) is 9.52. The molecule has 2 aliphatic rings. The molecule has 0 saturated heterocycles. The molecule has 16 heavy (non-hydrogen) atoms. The normalized spacial score (nSPS) is 22.9. The first-order chi connectivity index (χ1) is 7.66. The first-order valence-electron chi connectivity index (χ1n) is 5.93. The standard InChI is InChI=1S/C11H17N3O2/c1-14(7-11(15)5-2-6-11)10-13-12-9(16-10)8-3-4-8/h8,15H,2-7H2,1H3. The van der Waals surface area contributed by atoms with E-state index in [9.17, 15) is 5.11 Å². The predicted molar refractivity (Wildman–Crippen MR) is 58.3 cm³/mol. The Kier molecular flexibility index (Phi) is 2.17. The Balaban J connectivity index is 1.65. The molecule has 0 amide bonds. The van der Waals surface area contributed by atoms with Gasteiger partial charge in [-0.2, -0.15) is 0 Å². The molecule has 0 aliphatic heterocycles. The van der Waals surface area contributed by atoms with Crippen LogP contribution in [0.15, 0.2) is 4.42 Å². The van der Waals surface area contributed by atoms with Crippen LogP contribution >= 0.6 is 0 Å². The van der Waals surface area contributed by atoms with Gasteiger partial charge in [-0.15, -0.1) is 5.10 Å². The van der Waals surface area contributed by atoms with E-state index in [0.29, 0.717) is 18.5 Å². The van der Waals surface area contributed by atoms with E-state index in [1.54, 1.807) is 0 Å². The van der Waals surface area contributed by atoms with E-state index >= 15 is 0 Å². The van der Waals surface area contributed by atoms with Gasteiger partial charge in [0.25, 0.3) is 0 Å². The van der Waals surface area contributed by atoms with Crippen LogP contribution in [0.3, 0.4) is 0 Å². The lowest BCUT2D eigenvalue weighted by Crippen LogP contribution is -2.47. The topological polar surface area (TPSA) is 62.4 Å². The average Bonchev–Trinajstić information content (AvgIpc) is 2.94. The maximum atomic E-state index is 10.0. The summed E-state index contributed by atoms with van der Waals surface area (Å²) in [6.07, 6.45) is 5.19. The molecule has 0 bridgehead atoms. The van der Waals surface area contributed by atoms with Crippen molar-refractivity contribution >= 4 is 6.01 Å². The van der Waals surface area contributed by atoms with Crippen molar-refractivity contribution in [1.29, 1.82) is 0 Å². The summed E-state index contributed by atoms with van der Waals surface area (Å²) < 4.78 is 5.58. The van der Waals surface area contributed by atoms with Crippen molar-refractivity contribution in [2.24, 2.45) is 0 Å². The van der Waals surface area contributed by atoms with Crippen LogP contribution in [0, 0.1) is 0 Å². The summed E-state index contributed by atoms with van der Waals surface area (Å²) in [6.45, 7) is 0.583. The molecule has 2 aliphatic carbocycles. The van der Waals surface area contributed by atoms with E-state index in [1.807, 2.05) is 11.9 Å². The van der Waals surface area contributed by atoms with Gasteiger partial charge in [0.2, 0.25) is 5.89 Å². The van der Waals surface area contributed by atoms with Crippen LogP contribution in [0.25, 0.3) is 0 Å². The number of hydrogen-bond acceptors (Lipinski definition) is 5. The Bertz CT molecular complexity index is 382. The molecule has 88 valence electrons. The first kappa shape index (κ1) is 10.1. The largest absolute Gasteiger partial charge is 0.408 e. The van der Waals surface area contributed by atoms with E-state index in [0.717, 1.165) is 38.0 Å². The lowest BCUT2D eigenvalue weighted by Gasteiger charge is -2.38. The maximum absolute atomic E-state index is 10.0. The third-order valence-electron chi connectivity index (χ3n) is 3.50. The van der Waals surface area contributed by atoms with Crippen molar-refractivity contribution < 1.29 is 9.52 Å². The summed E-state index contributed by atoms with van der Waals surface area (Å²) >= 11 is 0. The average molecular weight is 223 g/mol. The van der Waals surface area contributed by atoms with Gasteiger partial charge in [0, 0.05) is 13.0 Å². The van der Waals surface area contributed by atoms with Crippen molar-refractivity contribution in [1.82, 2.24) is 10.2 Å². The number of aromatic nitrogens is 2. The fourth-order valence-electron chi connectivity index (χ4n) is 2.13. The molecule has 1 aromatic heterocycles. The highest BCUT2D eigenvalue weighted by atomic mass is 16.4. The van der Waals surface area contributed by atoms with Crippen LogP contribution in [-0.2, 0) is 0 Å². The molecule has 0 atom stereocenters. The lowest BCUT2D eigenvalue weighted by molar-refractivity contribution is -0.0253. The minimum Gasteiger partial charge on any atom is -0.408 e. The zero-order chi connectivity index (χ0) is 11.2. The van der Waals surface area contributed by atoms with E-state index in [1.165, 1.54) is 0 Å². The van der Waals surface area contributed by atoms with Crippen LogP contribution in [0.2, 0.25) is 0 Å². The summed E-state index contributed by atoms with van der Waals surface area (Å²) in [5, 5.41) is 18.1. The Morgan fingerprint density at radius 3 is 2.75 bits per heavy atom. The minimum absolute atomic E-state index is 0.487. The highest BCUT2D eigenvalue weighted by Gasteiger charge is 2.37. The molecule has 1 N–H and O–H groups in total. The van der Waals surface area contributed by atoms with Gasteiger partial charge in [-0.25, -0.2) is 0 Å². The lowest BCUT2D eigenvalue weighted by atomic mass is 9.80. The summed E-state index contributed by atoms with van der Waals surface area (Å²) in [4.78, 5) is 1.86. The molecular weight excluding hydrogens is 206 g/mol. The molecule has 2 saturated carbocycles. The van der Waals surface area contributed by atoms with Crippen molar-refractivity contribution in [2.75, 3.05) is 18.5 Å².